The molecule has 1 unspecified atom stereocenters. The molecule has 13 heavy (non-hydrogen) atoms. The zero-order valence-corrected chi connectivity index (χ0v) is 8.29. The van der Waals surface area contributed by atoms with Crippen molar-refractivity contribution in [1.82, 2.24) is 10.5 Å². The van der Waals surface area contributed by atoms with Crippen LogP contribution in [-0.2, 0) is 0 Å². The van der Waals surface area contributed by atoms with Crippen LogP contribution >= 0.6 is 0 Å². The Balaban J connectivity index is 2.89. The number of hydrogen-bond donors (Lipinski definition) is 2. The van der Waals surface area contributed by atoms with Crippen LogP contribution in [0.15, 0.2) is 4.52 Å². The van der Waals surface area contributed by atoms with Gasteiger partial charge in [0, 0.05) is 18.2 Å². The number of nitrogens with one attached hydrogen (secondary N) is 1. The topological polar surface area (TPSA) is 58.3 Å². The Kier molecular flexibility index (Phi) is 3.45. The lowest BCUT2D eigenvalue weighted by atomic mass is 10.0. The summed E-state index contributed by atoms with van der Waals surface area (Å²) in [6.45, 7) is 3.96. The summed E-state index contributed by atoms with van der Waals surface area (Å²) in [7, 11) is 1.87. The van der Waals surface area contributed by atoms with Crippen molar-refractivity contribution in [2.75, 3.05) is 13.7 Å². The van der Waals surface area contributed by atoms with Gasteiger partial charge in [0.15, 0.2) is 0 Å². The SMILES string of the molecule is CNC(CCO)c1c(C)noc1C. The van der Waals surface area contributed by atoms with E-state index in [0.29, 0.717) is 6.42 Å². The fourth-order valence-electron chi connectivity index (χ4n) is 1.55. The third-order valence-electron chi connectivity index (χ3n) is 2.20. The van der Waals surface area contributed by atoms with Gasteiger partial charge in [0.2, 0.25) is 0 Å². The molecule has 1 aromatic rings. The summed E-state index contributed by atoms with van der Waals surface area (Å²) >= 11 is 0. The Morgan fingerprint density at radius 1 is 1.54 bits per heavy atom. The van der Waals surface area contributed by atoms with Crippen molar-refractivity contribution in [2.45, 2.75) is 26.3 Å². The average molecular weight is 184 g/mol. The summed E-state index contributed by atoms with van der Waals surface area (Å²) < 4.78 is 5.05. The molecular weight excluding hydrogens is 168 g/mol. The Morgan fingerprint density at radius 2 is 2.23 bits per heavy atom. The van der Waals surface area contributed by atoms with Crippen LogP contribution in [0.3, 0.4) is 0 Å². The van der Waals surface area contributed by atoms with E-state index >= 15 is 0 Å². The van der Waals surface area contributed by atoms with Gasteiger partial charge in [-0.25, -0.2) is 0 Å². The quantitative estimate of drug-likeness (QED) is 0.731. The van der Waals surface area contributed by atoms with Crippen LogP contribution in [0.25, 0.3) is 0 Å². The van der Waals surface area contributed by atoms with Crippen molar-refractivity contribution >= 4 is 0 Å². The van der Waals surface area contributed by atoms with Crippen molar-refractivity contribution < 1.29 is 9.63 Å². The van der Waals surface area contributed by atoms with E-state index in [1.54, 1.807) is 0 Å². The summed E-state index contributed by atoms with van der Waals surface area (Å²) in [4.78, 5) is 0. The van der Waals surface area contributed by atoms with Crippen molar-refractivity contribution in [3.05, 3.63) is 17.0 Å². The molecule has 0 radical (unpaired) electrons. The predicted octanol–water partition coefficient (Wildman–Crippen LogP) is 0.934. The lowest BCUT2D eigenvalue weighted by molar-refractivity contribution is 0.268. The second-order valence-corrected chi connectivity index (χ2v) is 3.09. The van der Waals surface area contributed by atoms with Crippen LogP contribution in [0.4, 0.5) is 0 Å². The van der Waals surface area contributed by atoms with Gasteiger partial charge in [0.25, 0.3) is 0 Å². The highest BCUT2D eigenvalue weighted by molar-refractivity contribution is 5.24. The first-order valence-electron chi connectivity index (χ1n) is 4.41. The van der Waals surface area contributed by atoms with E-state index in [-0.39, 0.29) is 12.6 Å². The highest BCUT2D eigenvalue weighted by Crippen LogP contribution is 2.23. The van der Waals surface area contributed by atoms with E-state index in [2.05, 4.69) is 10.5 Å². The highest BCUT2D eigenvalue weighted by atomic mass is 16.5. The molecule has 0 saturated heterocycles. The van der Waals surface area contributed by atoms with Crippen molar-refractivity contribution in [1.29, 1.82) is 0 Å². The molecule has 2 N–H and O–H groups in total. The maximum absolute atomic E-state index is 8.86. The summed E-state index contributed by atoms with van der Waals surface area (Å²) in [5.74, 6) is 0.824. The Morgan fingerprint density at radius 3 is 2.62 bits per heavy atom. The van der Waals surface area contributed by atoms with Gasteiger partial charge in [-0.05, 0) is 27.3 Å². The summed E-state index contributed by atoms with van der Waals surface area (Å²) in [6, 6.07) is 0.135. The number of hydrogen-bond acceptors (Lipinski definition) is 4. The first-order chi connectivity index (χ1) is 6.20. The van der Waals surface area contributed by atoms with Gasteiger partial charge in [-0.2, -0.15) is 0 Å². The monoisotopic (exact) mass is 184 g/mol. The molecule has 0 aliphatic carbocycles. The van der Waals surface area contributed by atoms with Gasteiger partial charge in [0.05, 0.1) is 5.69 Å². The van der Waals surface area contributed by atoms with Crippen LogP contribution in [0, 0.1) is 13.8 Å². The van der Waals surface area contributed by atoms with Crippen LogP contribution in [-0.4, -0.2) is 23.9 Å². The molecule has 4 nitrogen and oxygen atoms in total. The maximum Gasteiger partial charge on any atom is 0.138 e. The van der Waals surface area contributed by atoms with E-state index < -0.39 is 0 Å². The minimum atomic E-state index is 0.135. The Labute approximate surface area is 77.9 Å². The van der Waals surface area contributed by atoms with Gasteiger partial charge >= 0.3 is 0 Å². The van der Waals surface area contributed by atoms with Crippen molar-refractivity contribution in [3.8, 4) is 0 Å². The maximum atomic E-state index is 8.86. The standard InChI is InChI=1S/C9H16N2O2/c1-6-9(7(2)13-11-6)8(10-3)4-5-12/h8,10,12H,4-5H2,1-3H3. The van der Waals surface area contributed by atoms with Gasteiger partial charge in [0.1, 0.15) is 5.76 Å². The van der Waals surface area contributed by atoms with E-state index in [9.17, 15) is 0 Å². The van der Waals surface area contributed by atoms with Crippen LogP contribution < -0.4 is 5.32 Å². The van der Waals surface area contributed by atoms with Crippen LogP contribution in [0.2, 0.25) is 0 Å². The molecule has 0 aliphatic rings. The molecule has 0 saturated carbocycles. The normalized spacial score (nSPS) is 13.2. The van der Waals surface area contributed by atoms with Crippen LogP contribution in [0.1, 0.15) is 29.5 Å². The molecule has 0 amide bonds. The second-order valence-electron chi connectivity index (χ2n) is 3.09. The van der Waals surface area contributed by atoms with Gasteiger partial charge in [-0.1, -0.05) is 5.16 Å². The summed E-state index contributed by atoms with van der Waals surface area (Å²) in [5, 5.41) is 15.9. The summed E-state index contributed by atoms with van der Waals surface area (Å²) in [5.41, 5.74) is 1.96. The van der Waals surface area contributed by atoms with E-state index in [1.165, 1.54) is 0 Å². The largest absolute Gasteiger partial charge is 0.396 e. The lowest BCUT2D eigenvalue weighted by Crippen LogP contribution is -2.18. The minimum Gasteiger partial charge on any atom is -0.396 e. The first-order valence-corrected chi connectivity index (χ1v) is 4.41. The van der Waals surface area contributed by atoms with Crippen molar-refractivity contribution in [2.24, 2.45) is 0 Å². The molecule has 1 rings (SSSR count). The number of aliphatic hydroxyl groups is 1. The second kappa shape index (κ2) is 4.39. The molecular formula is C9H16N2O2. The third-order valence-corrected chi connectivity index (χ3v) is 2.20. The molecule has 1 heterocycles. The number of aryl methyl sites for hydroxylation is 2. The van der Waals surface area contributed by atoms with Gasteiger partial charge in [-0.15, -0.1) is 0 Å². The van der Waals surface area contributed by atoms with E-state index in [1.807, 2.05) is 20.9 Å². The Bertz CT molecular complexity index is 251. The number of aromatic nitrogens is 1. The molecule has 0 fully saturated rings. The molecule has 0 aliphatic heterocycles. The van der Waals surface area contributed by atoms with Gasteiger partial charge < -0.3 is 14.9 Å². The Hall–Kier alpha value is -0.870. The highest BCUT2D eigenvalue weighted by Gasteiger charge is 2.17. The van der Waals surface area contributed by atoms with E-state index in [4.69, 9.17) is 9.63 Å². The zero-order chi connectivity index (χ0) is 9.84. The summed E-state index contributed by atoms with van der Waals surface area (Å²) in [6.07, 6.45) is 0.680. The number of aliphatic hydroxyl groups excluding tert-OH is 1. The van der Waals surface area contributed by atoms with Crippen LogP contribution in [0.5, 0.6) is 0 Å². The molecule has 0 aromatic carbocycles. The third kappa shape index (κ3) is 2.08. The predicted molar refractivity (Wildman–Crippen MR) is 49.5 cm³/mol. The molecule has 74 valence electrons. The zero-order valence-electron chi connectivity index (χ0n) is 8.29. The fourth-order valence-corrected chi connectivity index (χ4v) is 1.55. The lowest BCUT2D eigenvalue weighted by Gasteiger charge is -2.13. The number of rotatable bonds is 4. The van der Waals surface area contributed by atoms with Crippen molar-refractivity contribution in [3.63, 3.8) is 0 Å². The van der Waals surface area contributed by atoms with E-state index in [0.717, 1.165) is 17.0 Å². The smallest absolute Gasteiger partial charge is 0.138 e. The minimum absolute atomic E-state index is 0.135. The van der Waals surface area contributed by atoms with Gasteiger partial charge in [-0.3, -0.25) is 0 Å². The number of nitrogens with zero attached hydrogens (tertiary/aromatic N) is 1. The molecule has 0 spiro atoms. The average Bonchev–Trinajstić information content (AvgIpc) is 2.43. The molecule has 1 aromatic heterocycles. The molecule has 0 bridgehead atoms. The molecule has 4 heteroatoms. The fraction of sp³-hybridized carbons (Fsp3) is 0.667. The molecule has 1 atom stereocenters. The first kappa shape index (κ1) is 10.2.